The third kappa shape index (κ3) is 4.60. The van der Waals surface area contributed by atoms with E-state index in [4.69, 9.17) is 0 Å². The van der Waals surface area contributed by atoms with Crippen LogP contribution in [0.1, 0.15) is 31.7 Å². The number of amides is 1. The number of nitrogens with one attached hydrogen (secondary N) is 1. The molecule has 0 saturated carbocycles. The maximum Gasteiger partial charge on any atom is 0.227 e. The van der Waals surface area contributed by atoms with E-state index in [1.807, 2.05) is 12.1 Å². The van der Waals surface area contributed by atoms with Gasteiger partial charge in [0.05, 0.1) is 6.42 Å². The normalized spacial score (nSPS) is 16.1. The zero-order valence-electron chi connectivity index (χ0n) is 12.3. The van der Waals surface area contributed by atoms with Crippen molar-refractivity contribution in [2.24, 2.45) is 5.92 Å². The second-order valence-electron chi connectivity index (χ2n) is 5.57. The van der Waals surface area contributed by atoms with Crippen molar-refractivity contribution < 1.29 is 4.79 Å². The predicted octanol–water partition coefficient (Wildman–Crippen LogP) is 1.86. The molecule has 0 aromatic carbocycles. The largest absolute Gasteiger partial charge is 0.342 e. The van der Waals surface area contributed by atoms with Crippen LogP contribution in [0.15, 0.2) is 24.5 Å². The maximum atomic E-state index is 12.5. The van der Waals surface area contributed by atoms with Crippen LogP contribution in [0.4, 0.5) is 0 Å². The fraction of sp³-hybridized carbons (Fsp3) is 0.625. The van der Waals surface area contributed by atoms with Crippen LogP contribution in [0, 0.1) is 5.92 Å². The van der Waals surface area contributed by atoms with E-state index in [-0.39, 0.29) is 5.91 Å². The van der Waals surface area contributed by atoms with Crippen LogP contribution >= 0.6 is 0 Å². The van der Waals surface area contributed by atoms with Crippen LogP contribution in [-0.2, 0) is 11.2 Å². The molecule has 1 aromatic rings. The Morgan fingerprint density at radius 1 is 1.35 bits per heavy atom. The van der Waals surface area contributed by atoms with Gasteiger partial charge in [-0.1, -0.05) is 6.92 Å². The summed E-state index contributed by atoms with van der Waals surface area (Å²) in [6, 6.07) is 3.85. The number of piperidine rings is 1. The van der Waals surface area contributed by atoms with E-state index in [1.165, 1.54) is 12.8 Å². The number of aromatic nitrogens is 1. The summed E-state index contributed by atoms with van der Waals surface area (Å²) in [4.78, 5) is 18.5. The number of pyridine rings is 1. The van der Waals surface area contributed by atoms with Crippen LogP contribution in [0.3, 0.4) is 0 Å². The Balaban J connectivity index is 1.90. The summed E-state index contributed by atoms with van der Waals surface area (Å²) in [6.45, 7) is 6.09. The highest BCUT2D eigenvalue weighted by Gasteiger charge is 2.20. The summed E-state index contributed by atoms with van der Waals surface area (Å²) >= 11 is 0. The minimum absolute atomic E-state index is 0.247. The summed E-state index contributed by atoms with van der Waals surface area (Å²) in [5, 5.41) is 3.38. The first-order valence-electron chi connectivity index (χ1n) is 7.67. The number of hydrogen-bond acceptors (Lipinski definition) is 3. The molecule has 0 bridgehead atoms. The van der Waals surface area contributed by atoms with Gasteiger partial charge in [0.2, 0.25) is 5.91 Å². The molecular weight excluding hydrogens is 250 g/mol. The molecule has 2 heterocycles. The summed E-state index contributed by atoms with van der Waals surface area (Å²) in [5.41, 5.74) is 1.05. The summed E-state index contributed by atoms with van der Waals surface area (Å²) in [6.07, 6.45) is 7.38. The Morgan fingerprint density at radius 3 is 2.70 bits per heavy atom. The number of carbonyl (C=O) groups is 1. The van der Waals surface area contributed by atoms with Gasteiger partial charge in [-0.2, -0.15) is 0 Å². The van der Waals surface area contributed by atoms with Gasteiger partial charge in [0, 0.05) is 25.5 Å². The SMILES string of the molecule is CCCN(CC1CCNCC1)C(=O)Cc1ccncc1. The molecule has 1 aliphatic rings. The molecule has 110 valence electrons. The molecule has 0 atom stereocenters. The molecule has 1 aromatic heterocycles. The molecule has 4 heteroatoms. The lowest BCUT2D eigenvalue weighted by atomic mass is 9.97. The zero-order valence-corrected chi connectivity index (χ0v) is 12.3. The Labute approximate surface area is 121 Å². The fourth-order valence-corrected chi connectivity index (χ4v) is 2.75. The van der Waals surface area contributed by atoms with Crippen molar-refractivity contribution in [1.82, 2.24) is 15.2 Å². The van der Waals surface area contributed by atoms with Gasteiger partial charge in [-0.25, -0.2) is 0 Å². The zero-order chi connectivity index (χ0) is 14.2. The van der Waals surface area contributed by atoms with E-state index < -0.39 is 0 Å². The molecule has 1 amide bonds. The molecule has 1 N–H and O–H groups in total. The third-order valence-electron chi connectivity index (χ3n) is 3.89. The van der Waals surface area contributed by atoms with E-state index in [2.05, 4.69) is 22.1 Å². The number of nitrogens with zero attached hydrogens (tertiary/aromatic N) is 2. The summed E-state index contributed by atoms with van der Waals surface area (Å²) in [7, 11) is 0. The van der Waals surface area contributed by atoms with Gasteiger partial charge in [-0.05, 0) is 56.0 Å². The average Bonchev–Trinajstić information content (AvgIpc) is 2.49. The summed E-state index contributed by atoms with van der Waals surface area (Å²) < 4.78 is 0. The van der Waals surface area contributed by atoms with Crippen LogP contribution in [0.2, 0.25) is 0 Å². The second kappa shape index (κ2) is 8.00. The Hall–Kier alpha value is -1.42. The van der Waals surface area contributed by atoms with Crippen molar-refractivity contribution in [2.45, 2.75) is 32.6 Å². The molecule has 0 spiro atoms. The number of rotatable bonds is 6. The van der Waals surface area contributed by atoms with Crippen LogP contribution in [0.25, 0.3) is 0 Å². The van der Waals surface area contributed by atoms with Crippen molar-refractivity contribution in [3.8, 4) is 0 Å². The predicted molar refractivity (Wildman–Crippen MR) is 80.4 cm³/mol. The van der Waals surface area contributed by atoms with Gasteiger partial charge in [-0.15, -0.1) is 0 Å². The summed E-state index contributed by atoms with van der Waals surface area (Å²) in [5.74, 6) is 0.903. The van der Waals surface area contributed by atoms with E-state index in [9.17, 15) is 4.79 Å². The smallest absolute Gasteiger partial charge is 0.227 e. The Bertz CT molecular complexity index is 401. The highest BCUT2D eigenvalue weighted by atomic mass is 16.2. The lowest BCUT2D eigenvalue weighted by Gasteiger charge is -2.30. The minimum atomic E-state index is 0.247. The molecule has 20 heavy (non-hydrogen) atoms. The van der Waals surface area contributed by atoms with Gasteiger partial charge >= 0.3 is 0 Å². The molecule has 4 nitrogen and oxygen atoms in total. The van der Waals surface area contributed by atoms with Crippen molar-refractivity contribution in [2.75, 3.05) is 26.2 Å². The molecule has 1 fully saturated rings. The van der Waals surface area contributed by atoms with Gasteiger partial charge in [-0.3, -0.25) is 9.78 Å². The third-order valence-corrected chi connectivity index (χ3v) is 3.89. The molecule has 1 saturated heterocycles. The molecular formula is C16H25N3O. The lowest BCUT2D eigenvalue weighted by Crippen LogP contribution is -2.40. The molecule has 1 aliphatic heterocycles. The highest BCUT2D eigenvalue weighted by molar-refractivity contribution is 5.78. The first kappa shape index (κ1) is 15.0. The van der Waals surface area contributed by atoms with Crippen LogP contribution in [-0.4, -0.2) is 42.0 Å². The Morgan fingerprint density at radius 2 is 2.05 bits per heavy atom. The topological polar surface area (TPSA) is 45.2 Å². The Kier molecular flexibility index (Phi) is 5.99. The number of carbonyl (C=O) groups excluding carboxylic acids is 1. The lowest BCUT2D eigenvalue weighted by molar-refractivity contribution is -0.131. The van der Waals surface area contributed by atoms with E-state index >= 15 is 0 Å². The number of hydrogen-bond donors (Lipinski definition) is 1. The van der Waals surface area contributed by atoms with Crippen molar-refractivity contribution in [1.29, 1.82) is 0 Å². The molecule has 2 rings (SSSR count). The average molecular weight is 275 g/mol. The van der Waals surface area contributed by atoms with Crippen molar-refractivity contribution in [3.63, 3.8) is 0 Å². The quantitative estimate of drug-likeness (QED) is 0.862. The van der Waals surface area contributed by atoms with E-state index in [1.54, 1.807) is 12.4 Å². The standard InChI is InChI=1S/C16H25N3O/c1-2-11-19(13-15-5-9-18-10-6-15)16(20)12-14-3-7-17-8-4-14/h3-4,7-8,15,18H,2,5-6,9-13H2,1H3. The second-order valence-corrected chi connectivity index (χ2v) is 5.57. The first-order valence-corrected chi connectivity index (χ1v) is 7.67. The van der Waals surface area contributed by atoms with Gasteiger partial charge in [0.25, 0.3) is 0 Å². The molecule has 0 aliphatic carbocycles. The molecule has 0 radical (unpaired) electrons. The highest BCUT2D eigenvalue weighted by Crippen LogP contribution is 2.14. The van der Waals surface area contributed by atoms with Crippen LogP contribution in [0.5, 0.6) is 0 Å². The van der Waals surface area contributed by atoms with Crippen molar-refractivity contribution in [3.05, 3.63) is 30.1 Å². The van der Waals surface area contributed by atoms with Gasteiger partial charge in [0.15, 0.2) is 0 Å². The van der Waals surface area contributed by atoms with Crippen LogP contribution < -0.4 is 5.32 Å². The molecule has 0 unspecified atom stereocenters. The monoisotopic (exact) mass is 275 g/mol. The van der Waals surface area contributed by atoms with Crippen molar-refractivity contribution >= 4 is 5.91 Å². The van der Waals surface area contributed by atoms with E-state index in [0.717, 1.165) is 38.2 Å². The minimum Gasteiger partial charge on any atom is -0.342 e. The van der Waals surface area contributed by atoms with Gasteiger partial charge < -0.3 is 10.2 Å². The van der Waals surface area contributed by atoms with E-state index in [0.29, 0.717) is 12.3 Å². The first-order chi connectivity index (χ1) is 9.79. The maximum absolute atomic E-state index is 12.5. The fourth-order valence-electron chi connectivity index (χ4n) is 2.75. The van der Waals surface area contributed by atoms with Gasteiger partial charge in [0.1, 0.15) is 0 Å².